The van der Waals surface area contributed by atoms with Crippen molar-refractivity contribution in [2.24, 2.45) is 0 Å². The van der Waals surface area contributed by atoms with Crippen LogP contribution in [0.15, 0.2) is 42.5 Å². The first-order valence-corrected chi connectivity index (χ1v) is 11.3. The van der Waals surface area contributed by atoms with Crippen LogP contribution in [-0.2, 0) is 0 Å². The van der Waals surface area contributed by atoms with Crippen LogP contribution in [0.4, 0.5) is 0 Å². The standard InChI is InChI=1S/C26H35NO/c1-2-3-4-5-6-7-8-9-10-11-12-20-25(28)23-18-15-17-22-21-16-13-14-19-24(21)27-26(22)23/h13-19,27H,2-12,20H2,1H3. The number of aromatic amines is 1. The molecule has 1 aromatic heterocycles. The molecule has 0 bridgehead atoms. The Hall–Kier alpha value is -2.09. The molecule has 0 radical (unpaired) electrons. The molecule has 0 unspecified atom stereocenters. The molecule has 0 saturated heterocycles. The normalized spacial score (nSPS) is 11.5. The maximum atomic E-state index is 12.8. The lowest BCUT2D eigenvalue weighted by molar-refractivity contribution is 0.0980. The molecular weight excluding hydrogens is 342 g/mol. The Balaban J connectivity index is 1.40. The van der Waals surface area contributed by atoms with Gasteiger partial charge in [-0.3, -0.25) is 4.79 Å². The summed E-state index contributed by atoms with van der Waals surface area (Å²) in [6.45, 7) is 2.27. The molecule has 0 amide bonds. The molecule has 0 atom stereocenters. The summed E-state index contributed by atoms with van der Waals surface area (Å²) in [5, 5.41) is 2.35. The van der Waals surface area contributed by atoms with Gasteiger partial charge in [-0.1, -0.05) is 101 Å². The molecule has 1 heterocycles. The van der Waals surface area contributed by atoms with Crippen LogP contribution in [0.1, 0.15) is 94.3 Å². The molecule has 28 heavy (non-hydrogen) atoms. The van der Waals surface area contributed by atoms with Gasteiger partial charge < -0.3 is 4.98 Å². The van der Waals surface area contributed by atoms with Crippen LogP contribution in [0.2, 0.25) is 0 Å². The van der Waals surface area contributed by atoms with E-state index >= 15 is 0 Å². The Kier molecular flexibility index (Phi) is 8.14. The number of para-hydroxylation sites is 2. The van der Waals surface area contributed by atoms with E-state index in [9.17, 15) is 4.79 Å². The van der Waals surface area contributed by atoms with E-state index in [1.165, 1.54) is 69.6 Å². The van der Waals surface area contributed by atoms with Crippen molar-refractivity contribution in [2.75, 3.05) is 0 Å². The molecule has 0 aliphatic heterocycles. The lowest BCUT2D eigenvalue weighted by atomic mass is 10.0. The van der Waals surface area contributed by atoms with Crippen LogP contribution < -0.4 is 0 Å². The van der Waals surface area contributed by atoms with Crippen LogP contribution >= 0.6 is 0 Å². The number of aromatic nitrogens is 1. The second-order valence-electron chi connectivity index (χ2n) is 8.11. The molecule has 3 aromatic rings. The maximum absolute atomic E-state index is 12.8. The van der Waals surface area contributed by atoms with E-state index in [0.717, 1.165) is 28.4 Å². The Morgan fingerprint density at radius 2 is 1.32 bits per heavy atom. The van der Waals surface area contributed by atoms with E-state index in [1.54, 1.807) is 0 Å². The van der Waals surface area contributed by atoms with Gasteiger partial charge in [0.15, 0.2) is 5.78 Å². The third kappa shape index (κ3) is 5.47. The van der Waals surface area contributed by atoms with Crippen LogP contribution in [0.25, 0.3) is 21.8 Å². The lowest BCUT2D eigenvalue weighted by Crippen LogP contribution is -2.00. The van der Waals surface area contributed by atoms with Crippen LogP contribution in [0, 0.1) is 0 Å². The summed E-state index contributed by atoms with van der Waals surface area (Å²) in [5.41, 5.74) is 2.95. The quantitative estimate of drug-likeness (QED) is 0.236. The van der Waals surface area contributed by atoms with E-state index in [1.807, 2.05) is 18.2 Å². The Morgan fingerprint density at radius 1 is 0.714 bits per heavy atom. The Morgan fingerprint density at radius 3 is 2.04 bits per heavy atom. The molecule has 0 aliphatic rings. The number of nitrogens with one attached hydrogen (secondary N) is 1. The van der Waals surface area contributed by atoms with Crippen molar-refractivity contribution in [3.8, 4) is 0 Å². The Labute approximate surface area is 169 Å². The number of benzene rings is 2. The van der Waals surface area contributed by atoms with E-state index in [4.69, 9.17) is 0 Å². The van der Waals surface area contributed by atoms with Gasteiger partial charge in [-0.2, -0.15) is 0 Å². The van der Waals surface area contributed by atoms with E-state index < -0.39 is 0 Å². The fraction of sp³-hybridized carbons (Fsp3) is 0.500. The van der Waals surface area contributed by atoms with Gasteiger partial charge in [0.1, 0.15) is 0 Å². The van der Waals surface area contributed by atoms with Crippen molar-refractivity contribution in [1.29, 1.82) is 0 Å². The predicted molar refractivity (Wildman–Crippen MR) is 121 cm³/mol. The zero-order valence-corrected chi connectivity index (χ0v) is 17.4. The largest absolute Gasteiger partial charge is 0.354 e. The smallest absolute Gasteiger partial charge is 0.164 e. The minimum absolute atomic E-state index is 0.271. The first kappa shape index (κ1) is 20.6. The summed E-state index contributed by atoms with van der Waals surface area (Å²) in [7, 11) is 0. The molecular formula is C26H35NO. The third-order valence-electron chi connectivity index (χ3n) is 5.85. The zero-order chi connectivity index (χ0) is 19.6. The number of Topliss-reactive ketones (excluding diaryl/α,β-unsaturated/α-hetero) is 1. The van der Waals surface area contributed by atoms with Crippen LogP contribution in [-0.4, -0.2) is 10.8 Å². The highest BCUT2D eigenvalue weighted by molar-refractivity contribution is 6.15. The second kappa shape index (κ2) is 11.0. The molecule has 2 heteroatoms. The predicted octanol–water partition coefficient (Wildman–Crippen LogP) is 8.20. The summed E-state index contributed by atoms with van der Waals surface area (Å²) in [6.07, 6.45) is 15.1. The van der Waals surface area contributed by atoms with Crippen molar-refractivity contribution >= 4 is 27.6 Å². The topological polar surface area (TPSA) is 32.9 Å². The second-order valence-corrected chi connectivity index (χ2v) is 8.11. The van der Waals surface area contributed by atoms with E-state index in [-0.39, 0.29) is 5.78 Å². The molecule has 3 rings (SSSR count). The molecule has 0 spiro atoms. The van der Waals surface area contributed by atoms with Crippen molar-refractivity contribution in [3.63, 3.8) is 0 Å². The number of rotatable bonds is 13. The number of unbranched alkanes of at least 4 members (excludes halogenated alkanes) is 10. The van der Waals surface area contributed by atoms with Gasteiger partial charge in [0.25, 0.3) is 0 Å². The zero-order valence-electron chi connectivity index (χ0n) is 17.4. The number of carbonyl (C=O) groups excluding carboxylic acids is 1. The fourth-order valence-electron chi connectivity index (χ4n) is 4.19. The molecule has 150 valence electrons. The molecule has 2 aromatic carbocycles. The molecule has 1 N–H and O–H groups in total. The first-order valence-electron chi connectivity index (χ1n) is 11.3. The number of hydrogen-bond acceptors (Lipinski definition) is 1. The molecule has 0 fully saturated rings. The number of ketones is 1. The summed E-state index contributed by atoms with van der Waals surface area (Å²) in [5.74, 6) is 0.271. The van der Waals surface area contributed by atoms with Crippen molar-refractivity contribution in [1.82, 2.24) is 4.98 Å². The molecule has 0 saturated carbocycles. The highest BCUT2D eigenvalue weighted by Crippen LogP contribution is 2.28. The highest BCUT2D eigenvalue weighted by atomic mass is 16.1. The number of fused-ring (bicyclic) bond motifs is 3. The number of carbonyl (C=O) groups is 1. The van der Waals surface area contributed by atoms with Gasteiger partial charge in [0.2, 0.25) is 0 Å². The van der Waals surface area contributed by atoms with Gasteiger partial charge in [0, 0.05) is 28.3 Å². The average molecular weight is 378 g/mol. The van der Waals surface area contributed by atoms with Crippen molar-refractivity contribution in [3.05, 3.63) is 48.0 Å². The molecule has 0 aliphatic carbocycles. The minimum Gasteiger partial charge on any atom is -0.354 e. The van der Waals surface area contributed by atoms with Gasteiger partial charge >= 0.3 is 0 Å². The van der Waals surface area contributed by atoms with Crippen LogP contribution in [0.3, 0.4) is 0 Å². The van der Waals surface area contributed by atoms with Crippen molar-refractivity contribution in [2.45, 2.75) is 84.0 Å². The minimum atomic E-state index is 0.271. The van der Waals surface area contributed by atoms with Crippen LogP contribution in [0.5, 0.6) is 0 Å². The van der Waals surface area contributed by atoms with Gasteiger partial charge in [0.05, 0.1) is 5.52 Å². The van der Waals surface area contributed by atoms with E-state index in [0.29, 0.717) is 6.42 Å². The monoisotopic (exact) mass is 377 g/mol. The highest BCUT2D eigenvalue weighted by Gasteiger charge is 2.13. The van der Waals surface area contributed by atoms with E-state index in [2.05, 4.69) is 36.2 Å². The maximum Gasteiger partial charge on any atom is 0.164 e. The summed E-state index contributed by atoms with van der Waals surface area (Å²) in [4.78, 5) is 16.2. The number of H-pyrrole nitrogens is 1. The third-order valence-corrected chi connectivity index (χ3v) is 5.85. The van der Waals surface area contributed by atoms with Crippen molar-refractivity contribution < 1.29 is 4.79 Å². The summed E-state index contributed by atoms with van der Waals surface area (Å²) < 4.78 is 0. The summed E-state index contributed by atoms with van der Waals surface area (Å²) >= 11 is 0. The first-order chi connectivity index (χ1) is 13.8. The summed E-state index contributed by atoms with van der Waals surface area (Å²) in [6, 6.07) is 14.4. The molecule has 2 nitrogen and oxygen atoms in total. The fourth-order valence-corrected chi connectivity index (χ4v) is 4.19. The SMILES string of the molecule is CCCCCCCCCCCCCC(=O)c1cccc2c1[nH]c1ccccc12. The average Bonchev–Trinajstić information content (AvgIpc) is 3.10. The van der Waals surface area contributed by atoms with Gasteiger partial charge in [-0.25, -0.2) is 0 Å². The van der Waals surface area contributed by atoms with Gasteiger partial charge in [-0.05, 0) is 18.6 Å². The lowest BCUT2D eigenvalue weighted by Gasteiger charge is -2.04. The van der Waals surface area contributed by atoms with Gasteiger partial charge in [-0.15, -0.1) is 0 Å². The Bertz CT molecular complexity index is 876. The number of hydrogen-bond donors (Lipinski definition) is 1.